The smallest absolute Gasteiger partial charge is 0.220 e. The minimum absolute atomic E-state index is 0.235. The van der Waals surface area contributed by atoms with Crippen LogP contribution in [0.2, 0.25) is 0 Å². The van der Waals surface area contributed by atoms with Crippen LogP contribution >= 0.6 is 0 Å². The molecule has 130 valence electrons. The van der Waals surface area contributed by atoms with Crippen LogP contribution in [0.25, 0.3) is 0 Å². The number of nitrogens with one attached hydrogen (secondary N) is 2. The SMILES string of the molecule is CCC(C)NCCCC(=O)NC1C(O)OC(CO)C(O)C1O. The largest absolute Gasteiger partial charge is 0.394 e. The van der Waals surface area contributed by atoms with E-state index in [1.165, 1.54) is 0 Å². The normalized spacial score (nSPS) is 33.5. The van der Waals surface area contributed by atoms with Crippen LogP contribution in [0.5, 0.6) is 0 Å². The first kappa shape index (κ1) is 19.3. The monoisotopic (exact) mass is 320 g/mol. The Morgan fingerprint density at radius 1 is 1.27 bits per heavy atom. The fraction of sp³-hybridized carbons (Fsp3) is 0.929. The molecule has 0 aliphatic carbocycles. The van der Waals surface area contributed by atoms with E-state index < -0.39 is 37.3 Å². The van der Waals surface area contributed by atoms with Crippen LogP contribution in [-0.4, -0.2) is 76.2 Å². The summed E-state index contributed by atoms with van der Waals surface area (Å²) in [4.78, 5) is 11.8. The molecule has 8 heteroatoms. The zero-order valence-electron chi connectivity index (χ0n) is 13.1. The van der Waals surface area contributed by atoms with Crippen molar-refractivity contribution in [3.63, 3.8) is 0 Å². The van der Waals surface area contributed by atoms with E-state index >= 15 is 0 Å². The van der Waals surface area contributed by atoms with Crippen LogP contribution < -0.4 is 10.6 Å². The van der Waals surface area contributed by atoms with Crippen molar-refractivity contribution >= 4 is 5.91 Å². The van der Waals surface area contributed by atoms with E-state index in [1.54, 1.807) is 0 Å². The number of rotatable bonds is 8. The fourth-order valence-corrected chi connectivity index (χ4v) is 2.25. The number of ether oxygens (including phenoxy) is 1. The van der Waals surface area contributed by atoms with Gasteiger partial charge < -0.3 is 35.8 Å². The second kappa shape index (κ2) is 9.39. The summed E-state index contributed by atoms with van der Waals surface area (Å²) < 4.78 is 4.97. The van der Waals surface area contributed by atoms with Crippen molar-refractivity contribution in [1.29, 1.82) is 0 Å². The lowest BCUT2D eigenvalue weighted by Gasteiger charge is -2.40. The van der Waals surface area contributed by atoms with Crippen molar-refractivity contribution < 1.29 is 30.0 Å². The molecule has 6 N–H and O–H groups in total. The summed E-state index contributed by atoms with van der Waals surface area (Å²) in [6.07, 6.45) is -3.45. The molecule has 8 nitrogen and oxygen atoms in total. The molecule has 1 heterocycles. The number of amides is 1. The Hall–Kier alpha value is -0.770. The standard InChI is InChI=1S/C14H28N2O6/c1-3-8(2)15-6-4-5-10(18)16-11-13(20)12(19)9(7-17)22-14(11)21/h8-9,11-15,17,19-21H,3-7H2,1-2H3,(H,16,18). The van der Waals surface area contributed by atoms with E-state index in [9.17, 15) is 20.1 Å². The van der Waals surface area contributed by atoms with Gasteiger partial charge in [-0.2, -0.15) is 0 Å². The minimum atomic E-state index is -1.47. The van der Waals surface area contributed by atoms with Crippen LogP contribution in [-0.2, 0) is 9.53 Å². The molecule has 1 amide bonds. The van der Waals surface area contributed by atoms with Crippen molar-refractivity contribution in [2.75, 3.05) is 13.2 Å². The van der Waals surface area contributed by atoms with E-state index in [1.807, 2.05) is 0 Å². The molecule has 0 aromatic heterocycles. The second-order valence-electron chi connectivity index (χ2n) is 5.69. The van der Waals surface area contributed by atoms with E-state index in [2.05, 4.69) is 24.5 Å². The minimum Gasteiger partial charge on any atom is -0.394 e. The molecule has 1 aliphatic heterocycles. The van der Waals surface area contributed by atoms with Gasteiger partial charge in [-0.05, 0) is 26.3 Å². The van der Waals surface area contributed by atoms with Gasteiger partial charge in [-0.25, -0.2) is 0 Å². The van der Waals surface area contributed by atoms with Gasteiger partial charge in [0.1, 0.15) is 24.4 Å². The third-order valence-electron chi connectivity index (χ3n) is 3.91. The van der Waals surface area contributed by atoms with Gasteiger partial charge in [0.15, 0.2) is 6.29 Å². The average molecular weight is 320 g/mol. The maximum absolute atomic E-state index is 11.8. The second-order valence-corrected chi connectivity index (χ2v) is 5.69. The molecule has 1 saturated heterocycles. The van der Waals surface area contributed by atoms with Crippen molar-refractivity contribution in [1.82, 2.24) is 10.6 Å². The van der Waals surface area contributed by atoms with Gasteiger partial charge in [0, 0.05) is 12.5 Å². The van der Waals surface area contributed by atoms with Crippen molar-refractivity contribution in [3.8, 4) is 0 Å². The summed E-state index contributed by atoms with van der Waals surface area (Å²) in [5, 5.41) is 44.1. The van der Waals surface area contributed by atoms with Crippen LogP contribution in [0.15, 0.2) is 0 Å². The quantitative estimate of drug-likeness (QED) is 0.287. The summed E-state index contributed by atoms with van der Waals surface area (Å²) in [6.45, 7) is 4.30. The van der Waals surface area contributed by atoms with Gasteiger partial charge in [0.2, 0.25) is 5.91 Å². The molecule has 0 aromatic rings. The Kier molecular flexibility index (Phi) is 8.23. The van der Waals surface area contributed by atoms with E-state index in [0.717, 1.165) is 6.42 Å². The topological polar surface area (TPSA) is 131 Å². The van der Waals surface area contributed by atoms with Gasteiger partial charge in [-0.3, -0.25) is 4.79 Å². The summed E-state index contributed by atoms with van der Waals surface area (Å²) >= 11 is 0. The number of aliphatic hydroxyl groups is 4. The third-order valence-corrected chi connectivity index (χ3v) is 3.91. The molecule has 1 fully saturated rings. The summed E-state index contributed by atoms with van der Waals surface area (Å²) in [5.74, 6) is -0.340. The van der Waals surface area contributed by atoms with Crippen LogP contribution in [0.1, 0.15) is 33.1 Å². The summed E-state index contributed by atoms with van der Waals surface area (Å²) in [6, 6.07) is -0.725. The third kappa shape index (κ3) is 5.45. The predicted octanol–water partition coefficient (Wildman–Crippen LogP) is -1.93. The zero-order valence-corrected chi connectivity index (χ0v) is 13.1. The molecule has 0 spiro atoms. The van der Waals surface area contributed by atoms with Crippen LogP contribution in [0.3, 0.4) is 0 Å². The lowest BCUT2D eigenvalue weighted by atomic mass is 9.97. The number of hydrogen-bond acceptors (Lipinski definition) is 7. The first-order chi connectivity index (χ1) is 10.4. The Bertz CT molecular complexity index is 343. The molecule has 0 bridgehead atoms. The highest BCUT2D eigenvalue weighted by Crippen LogP contribution is 2.19. The average Bonchev–Trinajstić information content (AvgIpc) is 2.51. The Balaban J connectivity index is 2.37. The van der Waals surface area contributed by atoms with Gasteiger partial charge in [0.05, 0.1) is 6.61 Å². The lowest BCUT2D eigenvalue weighted by molar-refractivity contribution is -0.253. The van der Waals surface area contributed by atoms with Gasteiger partial charge in [-0.1, -0.05) is 6.92 Å². The van der Waals surface area contributed by atoms with E-state index in [4.69, 9.17) is 9.84 Å². The number of carbonyl (C=O) groups excluding carboxylic acids is 1. The van der Waals surface area contributed by atoms with Crippen molar-refractivity contribution in [2.45, 2.75) is 69.8 Å². The summed E-state index contributed by atoms with van der Waals surface area (Å²) in [5.41, 5.74) is 0. The molecule has 22 heavy (non-hydrogen) atoms. The molecule has 6 atom stereocenters. The first-order valence-electron chi connectivity index (χ1n) is 7.74. The lowest BCUT2D eigenvalue weighted by Crippen LogP contribution is -2.64. The molecule has 6 unspecified atom stereocenters. The molecular weight excluding hydrogens is 292 g/mol. The van der Waals surface area contributed by atoms with Crippen LogP contribution in [0.4, 0.5) is 0 Å². The molecule has 1 rings (SSSR count). The summed E-state index contributed by atoms with van der Waals surface area (Å²) in [7, 11) is 0. The molecule has 1 aliphatic rings. The Labute approximate surface area is 130 Å². The highest BCUT2D eigenvalue weighted by molar-refractivity contribution is 5.76. The number of hydrogen-bond donors (Lipinski definition) is 6. The highest BCUT2D eigenvalue weighted by Gasteiger charge is 2.44. The Morgan fingerprint density at radius 3 is 2.55 bits per heavy atom. The van der Waals surface area contributed by atoms with Gasteiger partial charge >= 0.3 is 0 Å². The maximum Gasteiger partial charge on any atom is 0.220 e. The zero-order chi connectivity index (χ0) is 16.7. The molecule has 0 aromatic carbocycles. The Morgan fingerprint density at radius 2 is 1.95 bits per heavy atom. The van der Waals surface area contributed by atoms with Gasteiger partial charge in [-0.15, -0.1) is 0 Å². The van der Waals surface area contributed by atoms with Gasteiger partial charge in [0.25, 0.3) is 0 Å². The fourth-order valence-electron chi connectivity index (χ4n) is 2.25. The first-order valence-corrected chi connectivity index (χ1v) is 7.74. The predicted molar refractivity (Wildman–Crippen MR) is 78.9 cm³/mol. The molecule has 0 radical (unpaired) electrons. The maximum atomic E-state index is 11.8. The molecule has 0 saturated carbocycles. The van der Waals surface area contributed by atoms with E-state index in [-0.39, 0.29) is 12.3 Å². The molecular formula is C14H28N2O6. The number of aliphatic hydroxyl groups excluding tert-OH is 4. The number of carbonyl (C=O) groups is 1. The van der Waals surface area contributed by atoms with Crippen LogP contribution in [0, 0.1) is 0 Å². The van der Waals surface area contributed by atoms with Crippen molar-refractivity contribution in [3.05, 3.63) is 0 Å². The highest BCUT2D eigenvalue weighted by atomic mass is 16.6. The van der Waals surface area contributed by atoms with E-state index in [0.29, 0.717) is 19.0 Å². The van der Waals surface area contributed by atoms with Crippen molar-refractivity contribution in [2.24, 2.45) is 0 Å².